The third kappa shape index (κ3) is 2.90. The van der Waals surface area contributed by atoms with E-state index in [1.54, 1.807) is 6.92 Å². The van der Waals surface area contributed by atoms with Crippen LogP contribution >= 0.6 is 0 Å². The quantitative estimate of drug-likeness (QED) is 0.746. The van der Waals surface area contributed by atoms with Gasteiger partial charge in [0, 0.05) is 5.39 Å². The van der Waals surface area contributed by atoms with Crippen LogP contribution in [-0.2, 0) is 4.79 Å². The van der Waals surface area contributed by atoms with Gasteiger partial charge in [-0.25, -0.2) is 14.8 Å². The Morgan fingerprint density at radius 3 is 2.72 bits per heavy atom. The molecule has 0 aliphatic heterocycles. The molecule has 1 atom stereocenters. The van der Waals surface area contributed by atoms with Crippen LogP contribution in [0.2, 0.25) is 0 Å². The van der Waals surface area contributed by atoms with E-state index in [0.29, 0.717) is 5.52 Å². The van der Waals surface area contributed by atoms with Crippen molar-refractivity contribution in [2.45, 2.75) is 25.7 Å². The van der Waals surface area contributed by atoms with Gasteiger partial charge in [0.25, 0.3) is 0 Å². The SMILES string of the molecule is CCC(C(=O)O)n1c2ccc(OC(F)(F)F)cc2c2c(N)ncnc21. The summed E-state index contributed by atoms with van der Waals surface area (Å²) < 4.78 is 42.8. The lowest BCUT2D eigenvalue weighted by Crippen LogP contribution is -2.18. The molecule has 3 aromatic rings. The van der Waals surface area contributed by atoms with Crippen molar-refractivity contribution in [2.75, 3.05) is 5.73 Å². The molecule has 3 rings (SSSR count). The van der Waals surface area contributed by atoms with Crippen LogP contribution in [0.5, 0.6) is 5.75 Å². The lowest BCUT2D eigenvalue weighted by molar-refractivity contribution is -0.274. The van der Waals surface area contributed by atoms with Gasteiger partial charge < -0.3 is 20.1 Å². The molecule has 0 aliphatic rings. The number of ether oxygens (including phenoxy) is 1. The first-order valence-corrected chi connectivity index (χ1v) is 7.25. The maximum absolute atomic E-state index is 12.5. The van der Waals surface area contributed by atoms with E-state index >= 15 is 0 Å². The predicted molar refractivity (Wildman–Crippen MR) is 83.1 cm³/mol. The van der Waals surface area contributed by atoms with Crippen molar-refractivity contribution in [3.8, 4) is 5.75 Å². The maximum Gasteiger partial charge on any atom is 0.573 e. The molecule has 0 saturated heterocycles. The fraction of sp³-hybridized carbons (Fsp3) is 0.267. The Labute approximate surface area is 138 Å². The van der Waals surface area contributed by atoms with Crippen molar-refractivity contribution < 1.29 is 27.8 Å². The third-order valence-corrected chi connectivity index (χ3v) is 3.80. The molecule has 2 heterocycles. The number of nitrogens with zero attached hydrogens (tertiary/aromatic N) is 3. The van der Waals surface area contributed by atoms with Crippen molar-refractivity contribution in [2.24, 2.45) is 0 Å². The average molecular weight is 354 g/mol. The molecular weight excluding hydrogens is 341 g/mol. The first-order valence-electron chi connectivity index (χ1n) is 7.25. The number of alkyl halides is 3. The Morgan fingerprint density at radius 2 is 2.12 bits per heavy atom. The standard InChI is InChI=1S/C15H13F3N4O3/c1-2-9(14(23)24)22-10-4-3-7(25-15(16,17)18)5-8(10)11-12(19)20-6-21-13(11)22/h3-6,9H,2H2,1H3,(H,23,24)(H2,19,20,21). The minimum atomic E-state index is -4.85. The van der Waals surface area contributed by atoms with E-state index in [2.05, 4.69) is 14.7 Å². The number of nitrogens with two attached hydrogens (primary N) is 1. The molecule has 1 unspecified atom stereocenters. The van der Waals surface area contributed by atoms with Gasteiger partial charge in [-0.1, -0.05) is 6.92 Å². The van der Waals surface area contributed by atoms with E-state index in [-0.39, 0.29) is 28.7 Å². The lowest BCUT2D eigenvalue weighted by atomic mass is 10.2. The molecule has 0 aliphatic carbocycles. The van der Waals surface area contributed by atoms with Crippen LogP contribution in [0, 0.1) is 0 Å². The van der Waals surface area contributed by atoms with E-state index < -0.39 is 24.1 Å². The van der Waals surface area contributed by atoms with Crippen molar-refractivity contribution in [1.82, 2.24) is 14.5 Å². The molecule has 7 nitrogen and oxygen atoms in total. The topological polar surface area (TPSA) is 103 Å². The number of hydrogen-bond donors (Lipinski definition) is 2. The number of hydrogen-bond acceptors (Lipinski definition) is 5. The van der Waals surface area contributed by atoms with Gasteiger partial charge in [0.05, 0.1) is 10.9 Å². The van der Waals surface area contributed by atoms with Crippen LogP contribution < -0.4 is 10.5 Å². The van der Waals surface area contributed by atoms with Gasteiger partial charge in [0.1, 0.15) is 29.6 Å². The number of aromatic nitrogens is 3. The van der Waals surface area contributed by atoms with Crippen molar-refractivity contribution in [3.63, 3.8) is 0 Å². The van der Waals surface area contributed by atoms with E-state index in [1.807, 2.05) is 0 Å². The predicted octanol–water partition coefficient (Wildman–Crippen LogP) is 3.10. The van der Waals surface area contributed by atoms with Crippen LogP contribution in [0.4, 0.5) is 19.0 Å². The highest BCUT2D eigenvalue weighted by Crippen LogP contribution is 2.37. The first-order chi connectivity index (χ1) is 11.7. The van der Waals surface area contributed by atoms with E-state index in [4.69, 9.17) is 5.73 Å². The maximum atomic E-state index is 12.5. The Balaban J connectivity index is 2.35. The number of carbonyl (C=O) groups is 1. The zero-order valence-corrected chi connectivity index (χ0v) is 12.9. The van der Waals surface area contributed by atoms with Crippen LogP contribution in [0.1, 0.15) is 19.4 Å². The van der Waals surface area contributed by atoms with Gasteiger partial charge in [-0.15, -0.1) is 13.2 Å². The van der Waals surface area contributed by atoms with Gasteiger partial charge in [0.2, 0.25) is 0 Å². The molecule has 0 spiro atoms. The molecular formula is C15H13F3N4O3. The highest BCUT2D eigenvalue weighted by Gasteiger charge is 2.32. The largest absolute Gasteiger partial charge is 0.573 e. The molecule has 10 heteroatoms. The van der Waals surface area contributed by atoms with Crippen LogP contribution in [0.15, 0.2) is 24.5 Å². The van der Waals surface area contributed by atoms with Gasteiger partial charge in [-0.2, -0.15) is 0 Å². The number of anilines is 1. The summed E-state index contributed by atoms with van der Waals surface area (Å²) in [7, 11) is 0. The number of aliphatic carboxylic acids is 1. The minimum absolute atomic E-state index is 0.0400. The van der Waals surface area contributed by atoms with Gasteiger partial charge in [0.15, 0.2) is 0 Å². The average Bonchev–Trinajstić information content (AvgIpc) is 2.81. The van der Waals surface area contributed by atoms with E-state index in [1.165, 1.54) is 17.0 Å². The normalized spacial score (nSPS) is 13.3. The van der Waals surface area contributed by atoms with Gasteiger partial charge >= 0.3 is 12.3 Å². The van der Waals surface area contributed by atoms with E-state index in [0.717, 1.165) is 12.1 Å². The number of benzene rings is 1. The minimum Gasteiger partial charge on any atom is -0.480 e. The number of fused-ring (bicyclic) bond motifs is 3. The highest BCUT2D eigenvalue weighted by atomic mass is 19.4. The zero-order chi connectivity index (χ0) is 18.4. The van der Waals surface area contributed by atoms with Gasteiger partial charge in [-0.3, -0.25) is 0 Å². The molecule has 2 aromatic heterocycles. The number of nitrogen functional groups attached to an aromatic ring is 1. The van der Waals surface area contributed by atoms with Crippen LogP contribution in [0.25, 0.3) is 21.9 Å². The van der Waals surface area contributed by atoms with Crippen LogP contribution in [-0.4, -0.2) is 32.0 Å². The molecule has 0 radical (unpaired) electrons. The fourth-order valence-corrected chi connectivity index (χ4v) is 2.85. The van der Waals surface area contributed by atoms with Gasteiger partial charge in [-0.05, 0) is 24.6 Å². The highest BCUT2D eigenvalue weighted by molar-refractivity contribution is 6.12. The second-order valence-electron chi connectivity index (χ2n) is 5.32. The molecule has 0 saturated carbocycles. The third-order valence-electron chi connectivity index (χ3n) is 3.80. The van der Waals surface area contributed by atoms with E-state index in [9.17, 15) is 23.1 Å². The van der Waals surface area contributed by atoms with Crippen molar-refractivity contribution in [1.29, 1.82) is 0 Å². The summed E-state index contributed by atoms with van der Waals surface area (Å²) >= 11 is 0. The molecule has 0 bridgehead atoms. The summed E-state index contributed by atoms with van der Waals surface area (Å²) in [6.07, 6.45) is -3.42. The molecule has 3 N–H and O–H groups in total. The Kier molecular flexibility index (Phi) is 3.90. The molecule has 0 fully saturated rings. The zero-order valence-electron chi connectivity index (χ0n) is 12.9. The summed E-state index contributed by atoms with van der Waals surface area (Å²) in [6, 6.07) is 2.66. The summed E-state index contributed by atoms with van der Waals surface area (Å²) in [5.74, 6) is -1.49. The molecule has 132 valence electrons. The Morgan fingerprint density at radius 1 is 1.40 bits per heavy atom. The molecule has 0 amide bonds. The Bertz CT molecular complexity index is 968. The number of carboxylic acids is 1. The monoisotopic (exact) mass is 354 g/mol. The summed E-state index contributed by atoms with van der Waals surface area (Å²) in [6.45, 7) is 1.68. The summed E-state index contributed by atoms with van der Waals surface area (Å²) in [5.41, 5.74) is 6.47. The van der Waals surface area contributed by atoms with Crippen LogP contribution in [0.3, 0.4) is 0 Å². The smallest absolute Gasteiger partial charge is 0.480 e. The number of carboxylic acid groups (broad SMARTS) is 1. The first kappa shape index (κ1) is 16.8. The number of rotatable bonds is 4. The second-order valence-corrected chi connectivity index (χ2v) is 5.32. The summed E-state index contributed by atoms with van der Waals surface area (Å²) in [5, 5.41) is 10.0. The lowest BCUT2D eigenvalue weighted by Gasteiger charge is -2.15. The second kappa shape index (κ2) is 5.80. The summed E-state index contributed by atoms with van der Waals surface area (Å²) in [4.78, 5) is 19.5. The number of halogens is 3. The van der Waals surface area contributed by atoms with Crippen molar-refractivity contribution >= 4 is 33.7 Å². The molecule has 1 aromatic carbocycles. The molecule has 25 heavy (non-hydrogen) atoms. The Hall–Kier alpha value is -3.04. The van der Waals surface area contributed by atoms with Crippen molar-refractivity contribution in [3.05, 3.63) is 24.5 Å². The fourth-order valence-electron chi connectivity index (χ4n) is 2.85.